The van der Waals surface area contributed by atoms with Crippen LogP contribution in [0.1, 0.15) is 5.69 Å². The van der Waals surface area contributed by atoms with Gasteiger partial charge in [-0.25, -0.2) is 9.97 Å². The van der Waals surface area contributed by atoms with Gasteiger partial charge >= 0.3 is 5.97 Å². The SMILES string of the molecule is O=C(CSc1cnc2ccccc2n1)OCc1cc(=O)n2ccsc2n1. The molecule has 0 atom stereocenters. The molecule has 4 aromatic rings. The Kier molecular flexibility index (Phi) is 4.63. The summed E-state index contributed by atoms with van der Waals surface area (Å²) >= 11 is 2.60. The first-order valence-electron chi connectivity index (χ1n) is 7.65. The van der Waals surface area contributed by atoms with Gasteiger partial charge in [0.1, 0.15) is 11.6 Å². The summed E-state index contributed by atoms with van der Waals surface area (Å²) in [6, 6.07) is 8.91. The fourth-order valence-electron chi connectivity index (χ4n) is 2.30. The molecule has 0 bridgehead atoms. The fraction of sp³-hybridized carbons (Fsp3) is 0.118. The molecular formula is C17H12N4O3S2. The molecule has 0 amide bonds. The molecule has 0 fully saturated rings. The molecular weight excluding hydrogens is 372 g/mol. The van der Waals surface area contributed by atoms with E-state index in [-0.39, 0.29) is 17.9 Å². The van der Waals surface area contributed by atoms with E-state index < -0.39 is 5.97 Å². The first-order chi connectivity index (χ1) is 12.7. The summed E-state index contributed by atoms with van der Waals surface area (Å²) in [5.41, 5.74) is 1.82. The lowest BCUT2D eigenvalue weighted by Crippen LogP contribution is -2.15. The number of ether oxygens (including phenoxy) is 1. The summed E-state index contributed by atoms with van der Waals surface area (Å²) in [5, 5.41) is 2.43. The molecule has 130 valence electrons. The highest BCUT2D eigenvalue weighted by Gasteiger charge is 2.09. The van der Waals surface area contributed by atoms with Gasteiger partial charge in [0.2, 0.25) is 0 Å². The molecule has 0 saturated heterocycles. The van der Waals surface area contributed by atoms with E-state index in [1.807, 2.05) is 24.3 Å². The molecule has 7 nitrogen and oxygen atoms in total. The van der Waals surface area contributed by atoms with Crippen molar-refractivity contribution in [2.24, 2.45) is 0 Å². The largest absolute Gasteiger partial charge is 0.459 e. The number of para-hydroxylation sites is 2. The van der Waals surface area contributed by atoms with Crippen molar-refractivity contribution in [1.82, 2.24) is 19.4 Å². The Morgan fingerprint density at radius 2 is 2.08 bits per heavy atom. The fourth-order valence-corrected chi connectivity index (χ4v) is 3.68. The second-order valence-electron chi connectivity index (χ2n) is 5.29. The number of thiazole rings is 1. The predicted molar refractivity (Wildman–Crippen MR) is 99.4 cm³/mol. The zero-order valence-corrected chi connectivity index (χ0v) is 15.0. The summed E-state index contributed by atoms with van der Waals surface area (Å²) in [6.07, 6.45) is 3.29. The van der Waals surface area contributed by atoms with E-state index in [0.717, 1.165) is 11.0 Å². The van der Waals surface area contributed by atoms with Crippen molar-refractivity contribution in [3.05, 3.63) is 64.2 Å². The molecule has 0 saturated carbocycles. The lowest BCUT2D eigenvalue weighted by molar-refractivity contribution is -0.141. The van der Waals surface area contributed by atoms with Crippen LogP contribution in [0, 0.1) is 0 Å². The molecule has 26 heavy (non-hydrogen) atoms. The van der Waals surface area contributed by atoms with Gasteiger partial charge in [0.15, 0.2) is 4.96 Å². The van der Waals surface area contributed by atoms with Gasteiger partial charge < -0.3 is 4.74 Å². The summed E-state index contributed by atoms with van der Waals surface area (Å²) in [7, 11) is 0. The number of carbonyl (C=O) groups is 1. The molecule has 0 aliphatic rings. The van der Waals surface area contributed by atoms with E-state index >= 15 is 0 Å². The highest BCUT2D eigenvalue weighted by atomic mass is 32.2. The van der Waals surface area contributed by atoms with Crippen molar-refractivity contribution in [2.75, 3.05) is 5.75 Å². The number of thioether (sulfide) groups is 1. The van der Waals surface area contributed by atoms with Crippen LogP contribution in [-0.2, 0) is 16.1 Å². The lowest BCUT2D eigenvalue weighted by atomic mass is 10.3. The number of nitrogens with zero attached hydrogens (tertiary/aromatic N) is 4. The number of carbonyl (C=O) groups excluding carboxylic acids is 1. The summed E-state index contributed by atoms with van der Waals surface area (Å²) in [5.74, 6) is -0.300. The first-order valence-corrected chi connectivity index (χ1v) is 9.51. The Balaban J connectivity index is 1.36. The highest BCUT2D eigenvalue weighted by Crippen LogP contribution is 2.18. The monoisotopic (exact) mass is 384 g/mol. The minimum atomic E-state index is -0.405. The van der Waals surface area contributed by atoms with E-state index in [0.29, 0.717) is 15.7 Å². The summed E-state index contributed by atoms with van der Waals surface area (Å²) in [6.45, 7) is -0.0353. The van der Waals surface area contributed by atoms with Crippen LogP contribution in [0.4, 0.5) is 0 Å². The Morgan fingerprint density at radius 3 is 2.96 bits per heavy atom. The third-order valence-electron chi connectivity index (χ3n) is 3.50. The van der Waals surface area contributed by atoms with Gasteiger partial charge in [-0.15, -0.1) is 11.3 Å². The third-order valence-corrected chi connectivity index (χ3v) is 5.13. The maximum atomic E-state index is 12.0. The summed E-state index contributed by atoms with van der Waals surface area (Å²) < 4.78 is 6.65. The van der Waals surface area contributed by atoms with Crippen LogP contribution < -0.4 is 5.56 Å². The van der Waals surface area contributed by atoms with Crippen LogP contribution in [0.25, 0.3) is 16.0 Å². The average Bonchev–Trinajstić information content (AvgIpc) is 3.14. The van der Waals surface area contributed by atoms with Crippen LogP contribution in [0.5, 0.6) is 0 Å². The van der Waals surface area contributed by atoms with E-state index in [1.54, 1.807) is 17.8 Å². The quantitative estimate of drug-likeness (QED) is 0.386. The van der Waals surface area contributed by atoms with E-state index in [1.165, 1.54) is 33.6 Å². The summed E-state index contributed by atoms with van der Waals surface area (Å²) in [4.78, 5) is 37.5. The second kappa shape index (κ2) is 7.22. The number of rotatable bonds is 5. The van der Waals surface area contributed by atoms with Crippen molar-refractivity contribution in [3.8, 4) is 0 Å². The highest BCUT2D eigenvalue weighted by molar-refractivity contribution is 7.99. The number of hydrogen-bond acceptors (Lipinski definition) is 8. The maximum absolute atomic E-state index is 12.0. The number of esters is 1. The van der Waals surface area contributed by atoms with E-state index in [4.69, 9.17) is 4.74 Å². The predicted octanol–water partition coefficient (Wildman–Crippen LogP) is 2.53. The number of benzene rings is 1. The second-order valence-corrected chi connectivity index (χ2v) is 7.16. The number of fused-ring (bicyclic) bond motifs is 2. The van der Waals surface area contributed by atoms with Gasteiger partial charge in [0, 0.05) is 17.6 Å². The Morgan fingerprint density at radius 1 is 1.23 bits per heavy atom. The zero-order valence-electron chi connectivity index (χ0n) is 13.4. The zero-order chi connectivity index (χ0) is 17.9. The van der Waals surface area contributed by atoms with Gasteiger partial charge in [-0.1, -0.05) is 23.9 Å². The first kappa shape index (κ1) is 16.7. The van der Waals surface area contributed by atoms with Crippen LogP contribution >= 0.6 is 23.1 Å². The third kappa shape index (κ3) is 3.58. The number of hydrogen-bond donors (Lipinski definition) is 0. The van der Waals surface area contributed by atoms with Gasteiger partial charge in [-0.05, 0) is 12.1 Å². The Labute approximate surface area is 155 Å². The van der Waals surface area contributed by atoms with E-state index in [9.17, 15) is 9.59 Å². The standard InChI is InChI=1S/C17H12N4O3S2/c22-15-7-11(19-17-21(15)5-6-25-17)9-24-16(23)10-26-14-8-18-12-3-1-2-4-13(12)20-14/h1-8H,9-10H2. The van der Waals surface area contributed by atoms with E-state index in [2.05, 4.69) is 15.0 Å². The van der Waals surface area contributed by atoms with Crippen LogP contribution in [0.2, 0.25) is 0 Å². The van der Waals surface area contributed by atoms with Crippen molar-refractivity contribution < 1.29 is 9.53 Å². The molecule has 1 aromatic carbocycles. The molecule has 3 aromatic heterocycles. The minimum absolute atomic E-state index is 0.0353. The molecule has 3 heterocycles. The van der Waals surface area contributed by atoms with Gasteiger partial charge in [-0.2, -0.15) is 0 Å². The number of aromatic nitrogens is 4. The van der Waals surface area contributed by atoms with Crippen LogP contribution in [0.3, 0.4) is 0 Å². The smallest absolute Gasteiger partial charge is 0.316 e. The van der Waals surface area contributed by atoms with Crippen molar-refractivity contribution >= 4 is 45.1 Å². The maximum Gasteiger partial charge on any atom is 0.316 e. The molecule has 9 heteroatoms. The molecule has 0 N–H and O–H groups in total. The van der Waals surface area contributed by atoms with Gasteiger partial charge in [0.25, 0.3) is 5.56 Å². The van der Waals surface area contributed by atoms with Crippen LogP contribution in [-0.4, -0.2) is 31.1 Å². The van der Waals surface area contributed by atoms with Crippen LogP contribution in [0.15, 0.2) is 57.9 Å². The molecule has 0 spiro atoms. The molecule has 0 radical (unpaired) electrons. The minimum Gasteiger partial charge on any atom is -0.459 e. The van der Waals surface area contributed by atoms with Gasteiger partial charge in [0.05, 0.1) is 28.7 Å². The van der Waals surface area contributed by atoms with Crippen molar-refractivity contribution in [1.29, 1.82) is 0 Å². The van der Waals surface area contributed by atoms with Crippen molar-refractivity contribution in [3.63, 3.8) is 0 Å². The van der Waals surface area contributed by atoms with Crippen molar-refractivity contribution in [2.45, 2.75) is 11.6 Å². The Hall–Kier alpha value is -2.78. The lowest BCUT2D eigenvalue weighted by Gasteiger charge is -2.05. The average molecular weight is 384 g/mol. The molecule has 4 rings (SSSR count). The molecule has 0 aliphatic carbocycles. The molecule has 0 unspecified atom stereocenters. The topological polar surface area (TPSA) is 86.5 Å². The molecule has 0 aliphatic heterocycles. The normalized spacial score (nSPS) is 11.1. The Bertz CT molecular complexity index is 1160. The van der Waals surface area contributed by atoms with Gasteiger partial charge in [-0.3, -0.25) is 19.0 Å².